The fourth-order valence-corrected chi connectivity index (χ4v) is 5.88. The van der Waals surface area contributed by atoms with Crippen molar-refractivity contribution in [2.45, 2.75) is 45.8 Å². The van der Waals surface area contributed by atoms with Crippen LogP contribution in [0.5, 0.6) is 0 Å². The summed E-state index contributed by atoms with van der Waals surface area (Å²) in [5.74, 6) is 0. The van der Waals surface area contributed by atoms with Gasteiger partial charge in [0.2, 0.25) is 0 Å². The minimum absolute atomic E-state index is 0.316. The minimum atomic E-state index is -0.565. The summed E-state index contributed by atoms with van der Waals surface area (Å²) in [7, 11) is 0. The van der Waals surface area contributed by atoms with Crippen LogP contribution in [0.15, 0.2) is 60.2 Å². The molecule has 0 aliphatic carbocycles. The van der Waals surface area contributed by atoms with Crippen molar-refractivity contribution in [3.05, 3.63) is 86.4 Å². The maximum absolute atomic E-state index is 13.3. The Labute approximate surface area is 249 Å². The van der Waals surface area contributed by atoms with Crippen molar-refractivity contribution in [2.75, 3.05) is 18.0 Å². The number of amides is 3. The average molecular weight is 599 g/mol. The van der Waals surface area contributed by atoms with Gasteiger partial charge in [-0.2, -0.15) is 0 Å². The molecule has 1 saturated heterocycles. The van der Waals surface area contributed by atoms with Crippen molar-refractivity contribution in [3.8, 4) is 11.1 Å². The third-order valence-corrected chi connectivity index (χ3v) is 7.72. The molecule has 208 valence electrons. The molecule has 0 unspecified atom stereocenters. The van der Waals surface area contributed by atoms with Crippen molar-refractivity contribution < 1.29 is 14.3 Å². The first-order valence-corrected chi connectivity index (χ1v) is 14.3. The lowest BCUT2D eigenvalue weighted by Crippen LogP contribution is -2.41. The Bertz CT molecular complexity index is 1490. The van der Waals surface area contributed by atoms with Crippen LogP contribution in [0.2, 0.25) is 15.1 Å². The lowest BCUT2D eigenvalue weighted by Gasteiger charge is -2.33. The molecular formula is C31H30Cl3N3O3. The molecule has 2 heterocycles. The zero-order valence-corrected chi connectivity index (χ0v) is 24.8. The van der Waals surface area contributed by atoms with Gasteiger partial charge in [-0.25, -0.2) is 9.59 Å². The number of carbonyl (C=O) groups excluding carboxylic acids is 2. The number of likely N-dealkylation sites (tertiary alicyclic amines) is 1. The number of para-hydroxylation sites is 1. The fourth-order valence-electron chi connectivity index (χ4n) is 5.08. The molecular weight excluding hydrogens is 569 g/mol. The Hall–Kier alpha value is -3.19. The van der Waals surface area contributed by atoms with Gasteiger partial charge in [0, 0.05) is 35.8 Å². The predicted molar refractivity (Wildman–Crippen MR) is 163 cm³/mol. The first-order valence-electron chi connectivity index (χ1n) is 13.1. The topological polar surface area (TPSA) is 61.9 Å². The maximum atomic E-state index is 13.3. The zero-order valence-electron chi connectivity index (χ0n) is 22.6. The quantitative estimate of drug-likeness (QED) is 0.327. The third-order valence-electron chi connectivity index (χ3n) is 6.78. The van der Waals surface area contributed by atoms with Crippen LogP contribution < -0.4 is 10.2 Å². The van der Waals surface area contributed by atoms with Gasteiger partial charge in [0.05, 0.1) is 21.4 Å². The molecule has 0 bridgehead atoms. The standard InChI is InChI=1S/C31H30Cl3N3O3/c1-31(2,3)40-30(39)36-13-7-8-19(18-36)14-20-15-22(21-9-4-5-10-24(21)32)23-17-35-29(38)37(27(23)16-20)28-25(33)11-6-12-26(28)34/h4-6,9-12,14-16H,7-8,13,17-18H2,1-3H3,(H,35,38). The molecule has 3 amide bonds. The number of halogens is 3. The van der Waals surface area contributed by atoms with Gasteiger partial charge in [0.25, 0.3) is 0 Å². The Balaban J connectivity index is 1.63. The van der Waals surface area contributed by atoms with E-state index in [1.807, 2.05) is 51.1 Å². The number of benzene rings is 3. The molecule has 6 nitrogen and oxygen atoms in total. The van der Waals surface area contributed by atoms with E-state index in [9.17, 15) is 9.59 Å². The van der Waals surface area contributed by atoms with Gasteiger partial charge in [-0.05, 0) is 75.1 Å². The second-order valence-electron chi connectivity index (χ2n) is 10.9. The number of anilines is 2. The number of hydrogen-bond donors (Lipinski definition) is 1. The second-order valence-corrected chi connectivity index (χ2v) is 12.1. The Morgan fingerprint density at radius 1 is 0.975 bits per heavy atom. The van der Waals surface area contributed by atoms with E-state index in [0.717, 1.165) is 40.7 Å². The van der Waals surface area contributed by atoms with E-state index < -0.39 is 5.60 Å². The Morgan fingerprint density at radius 3 is 2.38 bits per heavy atom. The van der Waals surface area contributed by atoms with Crippen molar-refractivity contribution in [2.24, 2.45) is 0 Å². The normalized spacial score (nSPS) is 16.6. The highest BCUT2D eigenvalue weighted by atomic mass is 35.5. The van der Waals surface area contributed by atoms with Crippen LogP contribution in [0.25, 0.3) is 17.2 Å². The number of fused-ring (bicyclic) bond motifs is 1. The lowest BCUT2D eigenvalue weighted by atomic mass is 9.92. The molecule has 2 aliphatic rings. The summed E-state index contributed by atoms with van der Waals surface area (Å²) in [4.78, 5) is 29.3. The van der Waals surface area contributed by atoms with Crippen LogP contribution >= 0.6 is 34.8 Å². The van der Waals surface area contributed by atoms with Crippen LogP contribution in [0.4, 0.5) is 21.0 Å². The van der Waals surface area contributed by atoms with Crippen molar-refractivity contribution in [1.82, 2.24) is 10.2 Å². The largest absolute Gasteiger partial charge is 0.444 e. The summed E-state index contributed by atoms with van der Waals surface area (Å²) in [5.41, 5.74) is 5.11. The fraction of sp³-hybridized carbons (Fsp3) is 0.290. The molecule has 3 aromatic carbocycles. The average Bonchev–Trinajstić information content (AvgIpc) is 2.89. The number of piperidine rings is 1. The van der Waals surface area contributed by atoms with Crippen LogP contribution in [0, 0.1) is 0 Å². The van der Waals surface area contributed by atoms with E-state index in [0.29, 0.717) is 46.1 Å². The number of rotatable bonds is 3. The number of ether oxygens (including phenoxy) is 1. The van der Waals surface area contributed by atoms with Crippen molar-refractivity contribution in [1.29, 1.82) is 0 Å². The summed E-state index contributed by atoms with van der Waals surface area (Å²) < 4.78 is 5.61. The summed E-state index contributed by atoms with van der Waals surface area (Å²) >= 11 is 19.8. The van der Waals surface area contributed by atoms with Crippen LogP contribution in [0.3, 0.4) is 0 Å². The van der Waals surface area contributed by atoms with Crippen LogP contribution in [0.1, 0.15) is 44.7 Å². The molecule has 0 atom stereocenters. The maximum Gasteiger partial charge on any atom is 0.410 e. The van der Waals surface area contributed by atoms with Gasteiger partial charge >= 0.3 is 12.1 Å². The number of urea groups is 1. The highest BCUT2D eigenvalue weighted by Crippen LogP contribution is 2.45. The SMILES string of the molecule is CC(C)(C)OC(=O)N1CCCC(=Cc2cc(-c3ccccc3Cl)c3c(c2)N(c2c(Cl)cccc2Cl)C(=O)NC3)C1. The molecule has 3 aromatic rings. The van der Waals surface area contributed by atoms with Gasteiger partial charge < -0.3 is 15.0 Å². The van der Waals surface area contributed by atoms with E-state index in [-0.39, 0.29) is 12.1 Å². The molecule has 2 aliphatic heterocycles. The summed E-state index contributed by atoms with van der Waals surface area (Å²) in [6.07, 6.45) is 3.43. The van der Waals surface area contributed by atoms with E-state index in [1.54, 1.807) is 23.1 Å². The molecule has 5 rings (SSSR count). The molecule has 0 spiro atoms. The molecule has 9 heteroatoms. The van der Waals surface area contributed by atoms with Gasteiger partial charge in [0.1, 0.15) is 5.60 Å². The van der Waals surface area contributed by atoms with E-state index in [4.69, 9.17) is 39.5 Å². The lowest BCUT2D eigenvalue weighted by molar-refractivity contribution is 0.0247. The second kappa shape index (κ2) is 11.4. The molecule has 1 N–H and O–H groups in total. The first kappa shape index (κ1) is 28.3. The van der Waals surface area contributed by atoms with Gasteiger partial charge in [-0.3, -0.25) is 4.90 Å². The number of nitrogens with zero attached hydrogens (tertiary/aromatic N) is 2. The zero-order chi connectivity index (χ0) is 28.6. The van der Waals surface area contributed by atoms with Crippen LogP contribution in [-0.4, -0.2) is 35.7 Å². The molecule has 0 radical (unpaired) electrons. The van der Waals surface area contributed by atoms with E-state index >= 15 is 0 Å². The third kappa shape index (κ3) is 5.95. The smallest absolute Gasteiger partial charge is 0.410 e. The first-order chi connectivity index (χ1) is 19.0. The Morgan fingerprint density at radius 2 is 1.68 bits per heavy atom. The van der Waals surface area contributed by atoms with Crippen LogP contribution in [-0.2, 0) is 11.3 Å². The number of hydrogen-bond acceptors (Lipinski definition) is 3. The van der Waals surface area contributed by atoms with Gasteiger partial charge in [-0.15, -0.1) is 0 Å². The highest BCUT2D eigenvalue weighted by Gasteiger charge is 2.31. The Kier molecular flexibility index (Phi) is 8.05. The highest BCUT2D eigenvalue weighted by molar-refractivity contribution is 6.40. The molecule has 40 heavy (non-hydrogen) atoms. The van der Waals surface area contributed by atoms with Crippen molar-refractivity contribution >= 4 is 64.4 Å². The predicted octanol–water partition coefficient (Wildman–Crippen LogP) is 9.09. The molecule has 1 fully saturated rings. The summed E-state index contributed by atoms with van der Waals surface area (Å²) in [6, 6.07) is 16.5. The van der Waals surface area contributed by atoms with Crippen molar-refractivity contribution in [3.63, 3.8) is 0 Å². The molecule has 0 saturated carbocycles. The van der Waals surface area contributed by atoms with E-state index in [2.05, 4.69) is 17.5 Å². The van der Waals surface area contributed by atoms with E-state index in [1.165, 1.54) is 4.90 Å². The minimum Gasteiger partial charge on any atom is -0.444 e. The number of nitrogens with one attached hydrogen (secondary N) is 1. The molecule has 0 aromatic heterocycles. The van der Waals surface area contributed by atoms with Gasteiger partial charge in [-0.1, -0.05) is 70.7 Å². The summed E-state index contributed by atoms with van der Waals surface area (Å²) in [6.45, 7) is 7.01. The number of carbonyl (C=O) groups is 2. The monoisotopic (exact) mass is 597 g/mol. The van der Waals surface area contributed by atoms with Gasteiger partial charge in [0.15, 0.2) is 0 Å². The summed E-state index contributed by atoms with van der Waals surface area (Å²) in [5, 5.41) is 4.28.